The summed E-state index contributed by atoms with van der Waals surface area (Å²) in [6, 6.07) is 0. The van der Waals surface area contributed by atoms with E-state index in [1.165, 1.54) is 0 Å². The molecule has 0 aliphatic heterocycles. The quantitative estimate of drug-likeness (QED) is 0.679. The van der Waals surface area contributed by atoms with Gasteiger partial charge in [0.2, 0.25) is 5.91 Å². The highest BCUT2D eigenvalue weighted by molar-refractivity contribution is 6.19. The van der Waals surface area contributed by atoms with Crippen molar-refractivity contribution in [2.24, 2.45) is 5.41 Å². The van der Waals surface area contributed by atoms with E-state index in [4.69, 9.17) is 11.6 Å². The van der Waals surface area contributed by atoms with Crippen LogP contribution in [0.1, 0.15) is 33.6 Å². The fraction of sp³-hybridized carbons (Fsp3) is 0.909. The van der Waals surface area contributed by atoms with Gasteiger partial charge in [-0.2, -0.15) is 13.2 Å². The molecule has 0 atom stereocenters. The van der Waals surface area contributed by atoms with Gasteiger partial charge in [-0.05, 0) is 20.3 Å². The number of hydrogen-bond acceptors (Lipinski definition) is 1. The van der Waals surface area contributed by atoms with Crippen molar-refractivity contribution in [2.75, 3.05) is 19.0 Å². The Morgan fingerprint density at radius 2 is 1.82 bits per heavy atom. The van der Waals surface area contributed by atoms with Gasteiger partial charge in [-0.3, -0.25) is 4.79 Å². The lowest BCUT2D eigenvalue weighted by Gasteiger charge is -2.31. The summed E-state index contributed by atoms with van der Waals surface area (Å²) in [5.41, 5.74) is -0.958. The van der Waals surface area contributed by atoms with Crippen molar-refractivity contribution < 1.29 is 18.0 Å². The van der Waals surface area contributed by atoms with Gasteiger partial charge in [0.1, 0.15) is 6.54 Å². The standard InChI is InChI=1S/C11H19ClF3NO/c1-4-5-6-16(8-11(13,14)15)9(17)10(2,3)7-12/h4-8H2,1-3H3. The first-order valence-corrected chi connectivity index (χ1v) is 6.09. The van der Waals surface area contributed by atoms with E-state index in [1.807, 2.05) is 6.92 Å². The zero-order valence-corrected chi connectivity index (χ0v) is 11.2. The molecule has 0 bridgehead atoms. The minimum Gasteiger partial charge on any atom is -0.333 e. The number of alkyl halides is 4. The fourth-order valence-corrected chi connectivity index (χ4v) is 1.42. The van der Waals surface area contributed by atoms with E-state index >= 15 is 0 Å². The Labute approximate surface area is 105 Å². The van der Waals surface area contributed by atoms with Crippen molar-refractivity contribution >= 4 is 17.5 Å². The predicted molar refractivity (Wildman–Crippen MR) is 62.0 cm³/mol. The highest BCUT2D eigenvalue weighted by Crippen LogP contribution is 2.24. The zero-order valence-electron chi connectivity index (χ0n) is 10.4. The normalized spacial score (nSPS) is 12.6. The van der Waals surface area contributed by atoms with E-state index in [0.29, 0.717) is 6.42 Å². The third-order valence-corrected chi connectivity index (χ3v) is 3.02. The lowest BCUT2D eigenvalue weighted by molar-refractivity contribution is -0.166. The number of rotatable bonds is 6. The number of unbranched alkanes of at least 4 members (excludes halogenated alkanes) is 1. The van der Waals surface area contributed by atoms with Crippen LogP contribution in [0.3, 0.4) is 0 Å². The van der Waals surface area contributed by atoms with Gasteiger partial charge in [0.25, 0.3) is 0 Å². The van der Waals surface area contributed by atoms with Gasteiger partial charge in [-0.1, -0.05) is 13.3 Å². The van der Waals surface area contributed by atoms with E-state index in [2.05, 4.69) is 0 Å². The molecule has 0 N–H and O–H groups in total. The topological polar surface area (TPSA) is 20.3 Å². The van der Waals surface area contributed by atoms with Crippen LogP contribution in [0.25, 0.3) is 0 Å². The largest absolute Gasteiger partial charge is 0.406 e. The van der Waals surface area contributed by atoms with Crippen molar-refractivity contribution in [3.63, 3.8) is 0 Å². The van der Waals surface area contributed by atoms with Crippen LogP contribution in [-0.2, 0) is 4.79 Å². The van der Waals surface area contributed by atoms with Crippen molar-refractivity contribution in [2.45, 2.75) is 39.8 Å². The van der Waals surface area contributed by atoms with Crippen LogP contribution < -0.4 is 0 Å². The molecule has 0 saturated heterocycles. The Morgan fingerprint density at radius 3 is 2.18 bits per heavy atom. The molecule has 6 heteroatoms. The summed E-state index contributed by atoms with van der Waals surface area (Å²) in [7, 11) is 0. The molecule has 0 radical (unpaired) electrons. The highest BCUT2D eigenvalue weighted by atomic mass is 35.5. The molecule has 0 rings (SSSR count). The first kappa shape index (κ1) is 16.6. The van der Waals surface area contributed by atoms with Gasteiger partial charge >= 0.3 is 6.18 Å². The molecule has 0 saturated carbocycles. The van der Waals surface area contributed by atoms with Gasteiger partial charge in [0.05, 0.1) is 5.41 Å². The Balaban J connectivity index is 4.73. The number of nitrogens with zero attached hydrogens (tertiary/aromatic N) is 1. The highest BCUT2D eigenvalue weighted by Gasteiger charge is 2.37. The maximum atomic E-state index is 12.4. The van der Waals surface area contributed by atoms with Gasteiger partial charge in [-0.15, -0.1) is 11.6 Å². The molecular formula is C11H19ClF3NO. The van der Waals surface area contributed by atoms with E-state index in [1.54, 1.807) is 13.8 Å². The summed E-state index contributed by atoms with van der Waals surface area (Å²) in [4.78, 5) is 12.8. The number of carbonyl (C=O) groups excluding carboxylic acids is 1. The van der Waals surface area contributed by atoms with Gasteiger partial charge < -0.3 is 4.90 Å². The average molecular weight is 274 g/mol. The van der Waals surface area contributed by atoms with Gasteiger partial charge in [0.15, 0.2) is 0 Å². The minimum atomic E-state index is -4.37. The Bertz CT molecular complexity index is 254. The van der Waals surface area contributed by atoms with Crippen LogP contribution in [0, 0.1) is 5.41 Å². The fourth-order valence-electron chi connectivity index (χ4n) is 1.30. The van der Waals surface area contributed by atoms with Crippen LogP contribution in [0.2, 0.25) is 0 Å². The number of hydrogen-bond donors (Lipinski definition) is 0. The van der Waals surface area contributed by atoms with Crippen molar-refractivity contribution in [1.29, 1.82) is 0 Å². The zero-order chi connectivity index (χ0) is 13.7. The second-order valence-electron chi connectivity index (χ2n) is 4.71. The molecular weight excluding hydrogens is 255 g/mol. The van der Waals surface area contributed by atoms with Crippen LogP contribution in [0.15, 0.2) is 0 Å². The predicted octanol–water partition coefficient (Wildman–Crippen LogP) is 3.44. The van der Waals surface area contributed by atoms with E-state index in [-0.39, 0.29) is 12.4 Å². The van der Waals surface area contributed by atoms with Crippen molar-refractivity contribution in [3.05, 3.63) is 0 Å². The summed E-state index contributed by atoms with van der Waals surface area (Å²) >= 11 is 5.61. The maximum Gasteiger partial charge on any atom is 0.406 e. The number of halogens is 4. The molecule has 0 aromatic heterocycles. The lowest BCUT2D eigenvalue weighted by atomic mass is 9.94. The lowest BCUT2D eigenvalue weighted by Crippen LogP contribution is -2.46. The van der Waals surface area contributed by atoms with Crippen LogP contribution in [0.4, 0.5) is 13.2 Å². The molecule has 102 valence electrons. The van der Waals surface area contributed by atoms with Gasteiger partial charge in [-0.25, -0.2) is 0 Å². The molecule has 0 unspecified atom stereocenters. The Morgan fingerprint density at radius 1 is 1.29 bits per heavy atom. The summed E-state index contributed by atoms with van der Waals surface area (Å²) in [5.74, 6) is -0.537. The summed E-state index contributed by atoms with van der Waals surface area (Å²) < 4.78 is 37.1. The summed E-state index contributed by atoms with van der Waals surface area (Å²) in [5, 5.41) is 0. The summed E-state index contributed by atoms with van der Waals surface area (Å²) in [6.07, 6.45) is -3.07. The molecule has 0 heterocycles. The molecule has 17 heavy (non-hydrogen) atoms. The summed E-state index contributed by atoms with van der Waals surface area (Å²) in [6.45, 7) is 3.89. The smallest absolute Gasteiger partial charge is 0.333 e. The maximum absolute atomic E-state index is 12.4. The van der Waals surface area contributed by atoms with Crippen LogP contribution >= 0.6 is 11.6 Å². The van der Waals surface area contributed by atoms with Gasteiger partial charge in [0, 0.05) is 12.4 Å². The molecule has 0 spiro atoms. The first-order valence-electron chi connectivity index (χ1n) is 5.56. The third kappa shape index (κ3) is 6.15. The van der Waals surface area contributed by atoms with E-state index in [9.17, 15) is 18.0 Å². The molecule has 2 nitrogen and oxygen atoms in total. The molecule has 0 aliphatic rings. The van der Waals surface area contributed by atoms with E-state index < -0.39 is 24.0 Å². The molecule has 0 aliphatic carbocycles. The molecule has 0 fully saturated rings. The molecule has 1 amide bonds. The second kappa shape index (κ2) is 6.47. The number of amides is 1. The monoisotopic (exact) mass is 273 g/mol. The van der Waals surface area contributed by atoms with Crippen LogP contribution in [-0.4, -0.2) is 36.0 Å². The van der Waals surface area contributed by atoms with Crippen molar-refractivity contribution in [1.82, 2.24) is 4.90 Å². The Hall–Kier alpha value is -0.450. The minimum absolute atomic E-state index is 0.00627. The Kier molecular flexibility index (Phi) is 6.30. The molecule has 0 aromatic carbocycles. The second-order valence-corrected chi connectivity index (χ2v) is 4.98. The first-order chi connectivity index (χ1) is 7.64. The number of carbonyl (C=O) groups is 1. The van der Waals surface area contributed by atoms with Crippen LogP contribution in [0.5, 0.6) is 0 Å². The van der Waals surface area contributed by atoms with Crippen molar-refractivity contribution in [3.8, 4) is 0 Å². The third-order valence-electron chi connectivity index (χ3n) is 2.35. The average Bonchev–Trinajstić information content (AvgIpc) is 2.21. The SMILES string of the molecule is CCCCN(CC(F)(F)F)C(=O)C(C)(C)CCl. The van der Waals surface area contributed by atoms with E-state index in [0.717, 1.165) is 11.3 Å². The molecule has 0 aromatic rings.